The fraction of sp³-hybridized carbons (Fsp3) is 0.824. The van der Waals surface area contributed by atoms with E-state index in [1.165, 1.54) is 0 Å². The first-order chi connectivity index (χ1) is 23.3. The SMILES string of the molecule is CCCC[C@@H](C)[C@@H](OC(=O)C[C@@H](CC(=O)O)C(=O)O)C(C[C@@H](C)C[C@H](O)CCCC[C@@H](O)C[C@H](O)[C@H](C)N)OC(=O)C[C@@H](CC(=O)O)C(=O)O. The number of carboxylic acid groups (broad SMARTS) is 4. The summed E-state index contributed by atoms with van der Waals surface area (Å²) in [5.74, 6) is -12.0. The highest BCUT2D eigenvalue weighted by molar-refractivity contribution is 5.83. The average Bonchev–Trinajstić information content (AvgIpc) is 2.99. The summed E-state index contributed by atoms with van der Waals surface area (Å²) in [7, 11) is 0. The maximum Gasteiger partial charge on any atom is 0.307 e. The summed E-state index contributed by atoms with van der Waals surface area (Å²) in [6.45, 7) is 7.06. The van der Waals surface area contributed by atoms with E-state index in [-0.39, 0.29) is 25.2 Å². The van der Waals surface area contributed by atoms with Gasteiger partial charge in [0.15, 0.2) is 0 Å². The number of carbonyl (C=O) groups excluding carboxylic acids is 2. The van der Waals surface area contributed by atoms with Crippen LogP contribution in [-0.4, -0.2) is 108 Å². The summed E-state index contributed by atoms with van der Waals surface area (Å²) in [6.07, 6.45) is -3.74. The molecular weight excluding hydrogens is 662 g/mol. The Morgan fingerprint density at radius 2 is 1.08 bits per heavy atom. The molecule has 16 heteroatoms. The number of carboxylic acids is 4. The van der Waals surface area contributed by atoms with E-state index in [1.807, 2.05) is 6.92 Å². The first-order valence-corrected chi connectivity index (χ1v) is 17.3. The van der Waals surface area contributed by atoms with Crippen molar-refractivity contribution in [3.63, 3.8) is 0 Å². The standard InChI is InChI=1S/C34H59NO15/c1-5-6-9-20(3)32(50-31(44)17-23(34(47)48)15-29(41)42)27(49-30(43)16-22(33(45)46)14-28(39)40)13-19(2)12-24(36)10-7-8-11-25(37)18-26(38)21(4)35/h19-27,32,36-38H,5-18,35H2,1-4H3,(H,39,40)(H,41,42)(H,45,46)(H,47,48)/t19-,20+,21-,22+,23+,24+,25+,26-,27?,32+/m0/s1. The van der Waals surface area contributed by atoms with Crippen LogP contribution in [-0.2, 0) is 38.2 Å². The number of aliphatic hydroxyl groups excluding tert-OH is 3. The summed E-state index contributed by atoms with van der Waals surface area (Å²) in [5, 5.41) is 67.8. The van der Waals surface area contributed by atoms with E-state index in [4.69, 9.17) is 25.4 Å². The van der Waals surface area contributed by atoms with Gasteiger partial charge in [0.1, 0.15) is 12.2 Å². The molecule has 0 saturated carbocycles. The number of hydrogen-bond donors (Lipinski definition) is 8. The van der Waals surface area contributed by atoms with Crippen LogP contribution in [0, 0.1) is 23.7 Å². The lowest BCUT2D eigenvalue weighted by atomic mass is 9.87. The fourth-order valence-electron chi connectivity index (χ4n) is 5.68. The van der Waals surface area contributed by atoms with E-state index in [1.54, 1.807) is 20.8 Å². The number of rotatable bonds is 29. The fourth-order valence-corrected chi connectivity index (χ4v) is 5.68. The predicted octanol–water partition coefficient (Wildman–Crippen LogP) is 2.56. The number of carbonyl (C=O) groups is 6. The number of nitrogens with two attached hydrogens (primary N) is 1. The number of aliphatic hydroxyl groups is 3. The zero-order chi connectivity index (χ0) is 38.6. The highest BCUT2D eigenvalue weighted by Gasteiger charge is 2.37. The van der Waals surface area contributed by atoms with Gasteiger partial charge < -0.3 is 51.0 Å². The summed E-state index contributed by atoms with van der Waals surface area (Å²) >= 11 is 0. The van der Waals surface area contributed by atoms with Crippen LogP contribution >= 0.6 is 0 Å². The molecule has 0 aromatic carbocycles. The number of ether oxygens (including phenoxy) is 2. The quantitative estimate of drug-likeness (QED) is 0.0407. The van der Waals surface area contributed by atoms with Gasteiger partial charge in [-0.1, -0.05) is 46.5 Å². The van der Waals surface area contributed by atoms with Crippen molar-refractivity contribution in [2.75, 3.05) is 0 Å². The van der Waals surface area contributed by atoms with Crippen LogP contribution in [0.4, 0.5) is 0 Å². The normalized spacial score (nSPS) is 17.5. The Morgan fingerprint density at radius 3 is 1.50 bits per heavy atom. The van der Waals surface area contributed by atoms with Gasteiger partial charge >= 0.3 is 35.8 Å². The molecule has 0 rings (SSSR count). The van der Waals surface area contributed by atoms with Crippen molar-refractivity contribution in [1.29, 1.82) is 0 Å². The van der Waals surface area contributed by atoms with Crippen molar-refractivity contribution in [2.24, 2.45) is 29.4 Å². The van der Waals surface area contributed by atoms with Crippen LogP contribution in [0.1, 0.15) is 118 Å². The molecule has 0 aliphatic heterocycles. The van der Waals surface area contributed by atoms with Crippen molar-refractivity contribution in [3.05, 3.63) is 0 Å². The molecule has 0 saturated heterocycles. The molecule has 290 valence electrons. The van der Waals surface area contributed by atoms with Crippen LogP contribution < -0.4 is 5.73 Å². The van der Waals surface area contributed by atoms with Crippen LogP contribution in [0.5, 0.6) is 0 Å². The van der Waals surface area contributed by atoms with E-state index in [0.29, 0.717) is 38.5 Å². The van der Waals surface area contributed by atoms with E-state index >= 15 is 0 Å². The Balaban J connectivity index is 5.98. The smallest absolute Gasteiger partial charge is 0.307 e. The van der Waals surface area contributed by atoms with E-state index in [0.717, 1.165) is 6.42 Å². The molecule has 0 radical (unpaired) electrons. The third-order valence-corrected chi connectivity index (χ3v) is 8.61. The monoisotopic (exact) mass is 721 g/mol. The van der Waals surface area contributed by atoms with E-state index < -0.39 is 116 Å². The third kappa shape index (κ3) is 21.0. The Labute approximate surface area is 293 Å². The maximum absolute atomic E-state index is 13.0. The van der Waals surface area contributed by atoms with Gasteiger partial charge in [0.2, 0.25) is 0 Å². The van der Waals surface area contributed by atoms with Crippen LogP contribution in [0.2, 0.25) is 0 Å². The molecule has 50 heavy (non-hydrogen) atoms. The lowest BCUT2D eigenvalue weighted by Gasteiger charge is -2.33. The molecule has 0 spiro atoms. The number of aliphatic carboxylic acids is 4. The number of unbranched alkanes of at least 4 members (excludes halogenated alkanes) is 2. The Bertz CT molecular complexity index is 1070. The largest absolute Gasteiger partial charge is 0.481 e. The van der Waals surface area contributed by atoms with E-state index in [2.05, 4.69) is 0 Å². The molecule has 0 fully saturated rings. The second-order valence-corrected chi connectivity index (χ2v) is 13.6. The molecule has 1 unspecified atom stereocenters. The predicted molar refractivity (Wildman–Crippen MR) is 178 cm³/mol. The molecule has 0 aliphatic rings. The van der Waals surface area contributed by atoms with Gasteiger partial charge in [0, 0.05) is 12.5 Å². The van der Waals surface area contributed by atoms with Crippen LogP contribution in [0.25, 0.3) is 0 Å². The lowest BCUT2D eigenvalue weighted by molar-refractivity contribution is -0.177. The Hall–Kier alpha value is -3.34. The van der Waals surface area contributed by atoms with Gasteiger partial charge in [-0.05, 0) is 50.9 Å². The minimum atomic E-state index is -1.59. The summed E-state index contributed by atoms with van der Waals surface area (Å²) in [6, 6.07) is -0.476. The zero-order valence-electron chi connectivity index (χ0n) is 29.6. The number of esters is 2. The number of hydrogen-bond acceptors (Lipinski definition) is 12. The molecule has 0 aliphatic carbocycles. The molecule has 0 heterocycles. The first-order valence-electron chi connectivity index (χ1n) is 17.3. The first kappa shape index (κ1) is 46.7. The Morgan fingerprint density at radius 1 is 0.620 bits per heavy atom. The topological polar surface area (TPSA) is 289 Å². The summed E-state index contributed by atoms with van der Waals surface area (Å²) in [5.41, 5.74) is 5.63. The highest BCUT2D eigenvalue weighted by atomic mass is 16.6. The summed E-state index contributed by atoms with van der Waals surface area (Å²) < 4.78 is 11.4. The second kappa shape index (κ2) is 24.7. The minimum Gasteiger partial charge on any atom is -0.481 e. The Kier molecular flexibility index (Phi) is 23.1. The van der Waals surface area contributed by atoms with Crippen LogP contribution in [0.15, 0.2) is 0 Å². The molecular formula is C34H59NO15. The van der Waals surface area contributed by atoms with Crippen molar-refractivity contribution < 1.29 is 74.0 Å². The van der Waals surface area contributed by atoms with Gasteiger partial charge in [-0.25, -0.2) is 0 Å². The minimum absolute atomic E-state index is 0.0270. The maximum atomic E-state index is 13.0. The third-order valence-electron chi connectivity index (χ3n) is 8.61. The van der Waals surface area contributed by atoms with Crippen molar-refractivity contribution in [3.8, 4) is 0 Å². The van der Waals surface area contributed by atoms with Crippen molar-refractivity contribution >= 4 is 35.8 Å². The van der Waals surface area contributed by atoms with Crippen LogP contribution in [0.3, 0.4) is 0 Å². The van der Waals surface area contributed by atoms with Crippen molar-refractivity contribution in [2.45, 2.75) is 154 Å². The summed E-state index contributed by atoms with van der Waals surface area (Å²) in [4.78, 5) is 71.6. The average molecular weight is 722 g/mol. The molecule has 9 N–H and O–H groups in total. The van der Waals surface area contributed by atoms with Gasteiger partial charge in [-0.3, -0.25) is 28.8 Å². The van der Waals surface area contributed by atoms with E-state index in [9.17, 15) is 54.3 Å². The zero-order valence-corrected chi connectivity index (χ0v) is 29.6. The highest BCUT2D eigenvalue weighted by Crippen LogP contribution is 2.29. The molecule has 0 aromatic heterocycles. The molecule has 0 amide bonds. The van der Waals surface area contributed by atoms with Crippen molar-refractivity contribution in [1.82, 2.24) is 0 Å². The lowest BCUT2D eigenvalue weighted by Crippen LogP contribution is -2.42. The molecule has 16 nitrogen and oxygen atoms in total. The molecule has 0 bridgehead atoms. The van der Waals surface area contributed by atoms with Gasteiger partial charge in [-0.15, -0.1) is 0 Å². The van der Waals surface area contributed by atoms with Gasteiger partial charge in [0.05, 0.1) is 55.8 Å². The molecule has 10 atom stereocenters. The molecule has 0 aromatic rings. The van der Waals surface area contributed by atoms with Gasteiger partial charge in [-0.2, -0.15) is 0 Å². The second-order valence-electron chi connectivity index (χ2n) is 13.6. The van der Waals surface area contributed by atoms with Gasteiger partial charge in [0.25, 0.3) is 0 Å².